The predicted octanol–water partition coefficient (Wildman–Crippen LogP) is 2.94. The van der Waals surface area contributed by atoms with Gasteiger partial charge in [-0.05, 0) is 58.1 Å². The van der Waals surface area contributed by atoms with Crippen LogP contribution in [0.25, 0.3) is 0 Å². The zero-order valence-corrected chi connectivity index (χ0v) is 16.0. The third kappa shape index (κ3) is 5.92. The van der Waals surface area contributed by atoms with E-state index in [1.165, 1.54) is 0 Å². The van der Waals surface area contributed by atoms with Crippen LogP contribution in [0.4, 0.5) is 4.79 Å². The lowest BCUT2D eigenvalue weighted by Gasteiger charge is -2.33. The summed E-state index contributed by atoms with van der Waals surface area (Å²) in [6, 6.07) is 0. The van der Waals surface area contributed by atoms with Crippen molar-refractivity contribution in [2.45, 2.75) is 52.6 Å². The number of likely N-dealkylation sites (tertiary alicyclic amines) is 1. The van der Waals surface area contributed by atoms with E-state index in [2.05, 4.69) is 10.5 Å². The number of ether oxygens (including phenoxy) is 1. The molecule has 0 radical (unpaired) electrons. The molecule has 0 unspecified atom stereocenters. The minimum atomic E-state index is -0.519. The van der Waals surface area contributed by atoms with Gasteiger partial charge in [0.15, 0.2) is 0 Å². The molecule has 7 nitrogen and oxygen atoms in total. The lowest BCUT2D eigenvalue weighted by Crippen LogP contribution is -2.45. The number of halogens is 1. The molecule has 1 aromatic heterocycles. The fourth-order valence-corrected chi connectivity index (χ4v) is 3.06. The number of aromatic nitrogens is 1. The zero-order chi connectivity index (χ0) is 18.6. The summed E-state index contributed by atoms with van der Waals surface area (Å²) in [5.41, 5.74) is 0.758. The maximum atomic E-state index is 12.5. The number of amides is 2. The molecule has 1 aliphatic rings. The fraction of sp³-hybridized carbons (Fsp3) is 0.706. The molecule has 140 valence electrons. The number of hydrogen-bond donors (Lipinski definition) is 1. The molecule has 1 saturated heterocycles. The molecule has 1 aromatic rings. The molecule has 2 rings (SSSR count). The summed E-state index contributed by atoms with van der Waals surface area (Å²) in [6.45, 7) is 9.05. The lowest BCUT2D eigenvalue weighted by atomic mass is 9.97. The fourth-order valence-electron chi connectivity index (χ4n) is 2.82. The average Bonchev–Trinajstić information content (AvgIpc) is 2.83. The van der Waals surface area contributed by atoms with Crippen molar-refractivity contribution in [1.29, 1.82) is 0 Å². The van der Waals surface area contributed by atoms with Gasteiger partial charge in [0.1, 0.15) is 5.60 Å². The summed E-state index contributed by atoms with van der Waals surface area (Å²) in [6.07, 6.45) is 1.62. The predicted molar refractivity (Wildman–Crippen MR) is 93.5 cm³/mol. The molecule has 2 heterocycles. The Morgan fingerprint density at radius 3 is 2.76 bits per heavy atom. The number of nitrogens with zero attached hydrogens (tertiary/aromatic N) is 2. The lowest BCUT2D eigenvalue weighted by molar-refractivity contribution is -0.132. The summed E-state index contributed by atoms with van der Waals surface area (Å²) in [7, 11) is 0. The van der Waals surface area contributed by atoms with Crippen molar-refractivity contribution in [2.75, 3.05) is 19.6 Å². The number of piperidine rings is 1. The summed E-state index contributed by atoms with van der Waals surface area (Å²) in [4.78, 5) is 26.1. The monoisotopic (exact) mass is 371 g/mol. The molecule has 1 atom stereocenters. The third-order valence-electron chi connectivity index (χ3n) is 4.07. The summed E-state index contributed by atoms with van der Waals surface area (Å²) in [5.74, 6) is 0.208. The van der Waals surface area contributed by atoms with Crippen molar-refractivity contribution in [3.8, 4) is 0 Å². The molecule has 0 aromatic carbocycles. The highest BCUT2D eigenvalue weighted by Crippen LogP contribution is 2.22. The van der Waals surface area contributed by atoms with E-state index in [0.717, 1.165) is 12.8 Å². The Morgan fingerprint density at radius 1 is 1.44 bits per heavy atom. The minimum Gasteiger partial charge on any atom is -0.444 e. The second-order valence-corrected chi connectivity index (χ2v) is 7.77. The van der Waals surface area contributed by atoms with Gasteiger partial charge in [0.05, 0.1) is 12.1 Å². The molecule has 0 spiro atoms. The van der Waals surface area contributed by atoms with E-state index < -0.39 is 11.7 Å². The Labute approximate surface area is 153 Å². The second kappa shape index (κ2) is 8.08. The van der Waals surface area contributed by atoms with Gasteiger partial charge in [0.2, 0.25) is 11.1 Å². The van der Waals surface area contributed by atoms with Gasteiger partial charge in [0, 0.05) is 25.2 Å². The van der Waals surface area contributed by atoms with Crippen molar-refractivity contribution >= 4 is 23.6 Å². The summed E-state index contributed by atoms with van der Waals surface area (Å²) in [5, 5.41) is 6.73. The number of nitrogens with one attached hydrogen (secondary N) is 1. The number of alkyl carbamates (subject to hydrolysis) is 1. The van der Waals surface area contributed by atoms with Crippen LogP contribution in [0, 0.1) is 12.8 Å². The van der Waals surface area contributed by atoms with Crippen LogP contribution in [0.1, 0.15) is 44.9 Å². The summed E-state index contributed by atoms with van der Waals surface area (Å²) >= 11 is 5.93. The van der Waals surface area contributed by atoms with Crippen LogP contribution < -0.4 is 5.32 Å². The van der Waals surface area contributed by atoms with Crippen LogP contribution in [-0.2, 0) is 16.0 Å². The van der Waals surface area contributed by atoms with E-state index in [4.69, 9.17) is 20.9 Å². The molecule has 8 heteroatoms. The van der Waals surface area contributed by atoms with Crippen LogP contribution in [0.2, 0.25) is 5.22 Å². The number of hydrogen-bond acceptors (Lipinski definition) is 5. The largest absolute Gasteiger partial charge is 0.444 e. The first-order valence-electron chi connectivity index (χ1n) is 8.51. The Morgan fingerprint density at radius 2 is 2.16 bits per heavy atom. The normalized spacial score (nSPS) is 18.1. The molecular formula is C17H26ClN3O4. The zero-order valence-electron chi connectivity index (χ0n) is 15.2. The molecule has 0 saturated carbocycles. The van der Waals surface area contributed by atoms with Crippen LogP contribution in [0.15, 0.2) is 4.52 Å². The highest BCUT2D eigenvalue weighted by Gasteiger charge is 2.26. The standard InChI is InChI=1S/C17H26ClN3O4/c1-11-13(15(18)25-20-11)8-14(22)21-7-5-6-12(10-21)9-19-16(23)24-17(2,3)4/h12H,5-10H2,1-4H3,(H,19,23)/t12-/m1/s1. The molecule has 1 fully saturated rings. The number of carbonyl (C=O) groups is 2. The van der Waals surface area contributed by atoms with E-state index in [0.29, 0.717) is 30.9 Å². The van der Waals surface area contributed by atoms with Gasteiger partial charge in [-0.25, -0.2) is 4.79 Å². The Balaban J connectivity index is 1.84. The van der Waals surface area contributed by atoms with Crippen LogP contribution in [0.3, 0.4) is 0 Å². The molecule has 2 amide bonds. The molecule has 1 aliphatic heterocycles. The van der Waals surface area contributed by atoms with Crippen molar-refractivity contribution in [2.24, 2.45) is 5.92 Å². The molecule has 0 aliphatic carbocycles. The maximum absolute atomic E-state index is 12.5. The SMILES string of the molecule is Cc1noc(Cl)c1CC(=O)N1CCC[C@H](CNC(=O)OC(C)(C)C)C1. The van der Waals surface area contributed by atoms with Crippen LogP contribution in [-0.4, -0.2) is 47.3 Å². The van der Waals surface area contributed by atoms with Crippen LogP contribution in [0.5, 0.6) is 0 Å². The van der Waals surface area contributed by atoms with Gasteiger partial charge in [-0.1, -0.05) is 5.16 Å². The first kappa shape index (κ1) is 19.6. The number of rotatable bonds is 4. The quantitative estimate of drug-likeness (QED) is 0.879. The van der Waals surface area contributed by atoms with Gasteiger partial charge in [-0.3, -0.25) is 4.79 Å². The molecule has 0 bridgehead atoms. The van der Waals surface area contributed by atoms with Gasteiger partial charge in [-0.15, -0.1) is 0 Å². The number of aryl methyl sites for hydroxylation is 1. The van der Waals surface area contributed by atoms with Crippen molar-refractivity contribution in [3.05, 3.63) is 16.5 Å². The van der Waals surface area contributed by atoms with Crippen molar-refractivity contribution < 1.29 is 18.8 Å². The number of carbonyl (C=O) groups excluding carboxylic acids is 2. The van der Waals surface area contributed by atoms with E-state index in [-0.39, 0.29) is 23.5 Å². The van der Waals surface area contributed by atoms with E-state index in [1.807, 2.05) is 25.7 Å². The van der Waals surface area contributed by atoms with Gasteiger partial charge in [-0.2, -0.15) is 0 Å². The van der Waals surface area contributed by atoms with Gasteiger partial charge in [0.25, 0.3) is 0 Å². The highest BCUT2D eigenvalue weighted by molar-refractivity contribution is 6.29. The average molecular weight is 372 g/mol. The smallest absolute Gasteiger partial charge is 0.407 e. The van der Waals surface area contributed by atoms with E-state index >= 15 is 0 Å². The first-order valence-corrected chi connectivity index (χ1v) is 8.89. The Kier molecular flexibility index (Phi) is 6.32. The Hall–Kier alpha value is -1.76. The van der Waals surface area contributed by atoms with E-state index in [1.54, 1.807) is 6.92 Å². The molecule has 1 N–H and O–H groups in total. The van der Waals surface area contributed by atoms with Gasteiger partial charge < -0.3 is 19.5 Å². The van der Waals surface area contributed by atoms with Crippen molar-refractivity contribution in [3.63, 3.8) is 0 Å². The van der Waals surface area contributed by atoms with E-state index in [9.17, 15) is 9.59 Å². The van der Waals surface area contributed by atoms with Gasteiger partial charge >= 0.3 is 6.09 Å². The molecular weight excluding hydrogens is 346 g/mol. The van der Waals surface area contributed by atoms with Crippen molar-refractivity contribution in [1.82, 2.24) is 15.4 Å². The topological polar surface area (TPSA) is 84.7 Å². The minimum absolute atomic E-state index is 0.00447. The summed E-state index contributed by atoms with van der Waals surface area (Å²) < 4.78 is 10.1. The Bertz CT molecular complexity index is 604. The molecule has 25 heavy (non-hydrogen) atoms. The first-order chi connectivity index (χ1) is 11.7. The van der Waals surface area contributed by atoms with Crippen LogP contribution >= 0.6 is 11.6 Å². The highest BCUT2D eigenvalue weighted by atomic mass is 35.5. The second-order valence-electron chi connectivity index (χ2n) is 7.43. The third-order valence-corrected chi connectivity index (χ3v) is 4.37. The maximum Gasteiger partial charge on any atom is 0.407 e.